The number of nitrogens with one attached hydrogen (secondary N) is 1. The van der Waals surface area contributed by atoms with Crippen LogP contribution in [0.25, 0.3) is 10.2 Å². The van der Waals surface area contributed by atoms with Gasteiger partial charge in [0.15, 0.2) is 0 Å². The molecule has 0 aliphatic carbocycles. The third-order valence-electron chi connectivity index (χ3n) is 4.79. The highest BCUT2D eigenvalue weighted by atomic mass is 32.1. The molecule has 1 aliphatic rings. The zero-order valence-corrected chi connectivity index (χ0v) is 16.6. The Morgan fingerprint density at radius 1 is 1.18 bits per heavy atom. The highest BCUT2D eigenvalue weighted by Gasteiger charge is 2.16. The molecule has 7 heteroatoms. The summed E-state index contributed by atoms with van der Waals surface area (Å²) in [5.41, 5.74) is 2.09. The Balaban J connectivity index is 1.26. The topological polar surface area (TPSA) is 67.4 Å². The number of pyridine rings is 1. The van der Waals surface area contributed by atoms with Crippen molar-refractivity contribution in [1.29, 1.82) is 0 Å². The van der Waals surface area contributed by atoms with Gasteiger partial charge in [0, 0.05) is 37.8 Å². The van der Waals surface area contributed by atoms with E-state index in [9.17, 15) is 4.79 Å². The van der Waals surface area contributed by atoms with Crippen molar-refractivity contribution in [3.8, 4) is 0 Å². The second-order valence-corrected chi connectivity index (χ2v) is 7.91. The van der Waals surface area contributed by atoms with Crippen LogP contribution in [-0.2, 0) is 22.5 Å². The second kappa shape index (κ2) is 9.12. The Morgan fingerprint density at radius 3 is 2.89 bits per heavy atom. The monoisotopic (exact) mass is 396 g/mol. The van der Waals surface area contributed by atoms with Crippen LogP contribution >= 0.6 is 11.3 Å². The van der Waals surface area contributed by atoms with E-state index < -0.39 is 0 Å². The van der Waals surface area contributed by atoms with E-state index in [4.69, 9.17) is 4.74 Å². The molecule has 0 saturated carbocycles. The molecule has 1 N–H and O–H groups in total. The minimum Gasteiger partial charge on any atom is -0.378 e. The summed E-state index contributed by atoms with van der Waals surface area (Å²) >= 11 is 1.71. The summed E-state index contributed by atoms with van der Waals surface area (Å²) in [6.45, 7) is 3.60. The molecule has 28 heavy (non-hydrogen) atoms. The van der Waals surface area contributed by atoms with Crippen molar-refractivity contribution >= 4 is 33.3 Å². The van der Waals surface area contributed by atoms with Gasteiger partial charge in [-0.15, -0.1) is 11.3 Å². The number of amides is 1. The van der Waals surface area contributed by atoms with E-state index >= 15 is 0 Å². The molecule has 1 aromatic carbocycles. The molecular weight excluding hydrogens is 372 g/mol. The van der Waals surface area contributed by atoms with Gasteiger partial charge < -0.3 is 15.0 Å². The fourth-order valence-corrected chi connectivity index (χ4v) is 4.35. The van der Waals surface area contributed by atoms with Gasteiger partial charge in [0.1, 0.15) is 5.82 Å². The summed E-state index contributed by atoms with van der Waals surface area (Å²) in [6, 6.07) is 12.1. The zero-order valence-electron chi connectivity index (χ0n) is 15.8. The molecule has 4 rings (SSSR count). The molecule has 1 fully saturated rings. The number of thiazole rings is 1. The molecule has 0 spiro atoms. The lowest BCUT2D eigenvalue weighted by Crippen LogP contribution is -2.37. The van der Waals surface area contributed by atoms with Crippen LogP contribution in [0.3, 0.4) is 0 Å². The van der Waals surface area contributed by atoms with E-state index in [0.29, 0.717) is 26.2 Å². The van der Waals surface area contributed by atoms with Gasteiger partial charge in [-0.05, 0) is 31.0 Å². The van der Waals surface area contributed by atoms with E-state index in [1.54, 1.807) is 17.5 Å². The molecule has 0 atom stereocenters. The molecule has 0 radical (unpaired) electrons. The van der Waals surface area contributed by atoms with Crippen molar-refractivity contribution in [2.75, 3.05) is 31.2 Å². The number of anilines is 1. The number of carbonyl (C=O) groups is 1. The molecule has 1 amide bonds. The van der Waals surface area contributed by atoms with Crippen LogP contribution in [0.15, 0.2) is 42.6 Å². The molecule has 6 nitrogen and oxygen atoms in total. The summed E-state index contributed by atoms with van der Waals surface area (Å²) in [5, 5.41) is 4.13. The molecule has 3 aromatic rings. The lowest BCUT2D eigenvalue weighted by Gasteiger charge is -2.29. The summed E-state index contributed by atoms with van der Waals surface area (Å²) in [6.07, 6.45) is 3.94. The number of aryl methyl sites for hydroxylation is 1. The van der Waals surface area contributed by atoms with Crippen molar-refractivity contribution in [2.24, 2.45) is 0 Å². The van der Waals surface area contributed by atoms with E-state index in [-0.39, 0.29) is 5.91 Å². The summed E-state index contributed by atoms with van der Waals surface area (Å²) in [7, 11) is 0. The van der Waals surface area contributed by atoms with Gasteiger partial charge in [-0.2, -0.15) is 0 Å². The quantitative estimate of drug-likeness (QED) is 0.664. The Hall–Kier alpha value is -2.51. The standard InChI is InChI=1S/C21H24N4O2S/c26-19(8-3-9-20-24-17-6-1-2-7-18(17)28-20)23-15-16-5-4-10-22-21(16)25-11-13-27-14-12-25/h1-2,4-7,10H,3,8-9,11-15H2,(H,23,26). The summed E-state index contributed by atoms with van der Waals surface area (Å²) < 4.78 is 6.62. The molecule has 0 bridgehead atoms. The zero-order chi connectivity index (χ0) is 19.2. The van der Waals surface area contributed by atoms with Crippen LogP contribution in [0, 0.1) is 0 Å². The van der Waals surface area contributed by atoms with Gasteiger partial charge in [0.2, 0.25) is 5.91 Å². The fourth-order valence-electron chi connectivity index (χ4n) is 3.34. The first-order chi connectivity index (χ1) is 13.8. The molecular formula is C21H24N4O2S. The number of carbonyl (C=O) groups excluding carboxylic acids is 1. The van der Waals surface area contributed by atoms with Crippen molar-refractivity contribution in [3.05, 3.63) is 53.2 Å². The number of para-hydroxylation sites is 1. The number of hydrogen-bond donors (Lipinski definition) is 1. The first-order valence-electron chi connectivity index (χ1n) is 9.67. The Kier molecular flexibility index (Phi) is 6.14. The largest absolute Gasteiger partial charge is 0.378 e. The second-order valence-electron chi connectivity index (χ2n) is 6.79. The lowest BCUT2D eigenvalue weighted by atomic mass is 10.2. The van der Waals surface area contributed by atoms with Gasteiger partial charge in [0.25, 0.3) is 0 Å². The van der Waals surface area contributed by atoms with Crippen LogP contribution in [0.1, 0.15) is 23.4 Å². The Morgan fingerprint density at radius 2 is 2.04 bits per heavy atom. The van der Waals surface area contributed by atoms with Crippen LogP contribution in [0.5, 0.6) is 0 Å². The van der Waals surface area contributed by atoms with Gasteiger partial charge >= 0.3 is 0 Å². The van der Waals surface area contributed by atoms with Crippen molar-refractivity contribution in [2.45, 2.75) is 25.8 Å². The van der Waals surface area contributed by atoms with Gasteiger partial charge in [-0.25, -0.2) is 9.97 Å². The predicted octanol–water partition coefficient (Wildman–Crippen LogP) is 3.17. The van der Waals surface area contributed by atoms with Gasteiger partial charge in [0.05, 0.1) is 28.4 Å². The highest BCUT2D eigenvalue weighted by Crippen LogP contribution is 2.23. The number of ether oxygens (including phenoxy) is 1. The van der Waals surface area contributed by atoms with Gasteiger partial charge in [-0.1, -0.05) is 18.2 Å². The number of hydrogen-bond acceptors (Lipinski definition) is 6. The molecule has 2 aromatic heterocycles. The van der Waals surface area contributed by atoms with Crippen molar-refractivity contribution in [1.82, 2.24) is 15.3 Å². The van der Waals surface area contributed by atoms with E-state index in [1.165, 1.54) is 4.70 Å². The maximum Gasteiger partial charge on any atom is 0.220 e. The molecule has 146 valence electrons. The number of fused-ring (bicyclic) bond motifs is 1. The van der Waals surface area contributed by atoms with Crippen LogP contribution in [-0.4, -0.2) is 42.2 Å². The first-order valence-corrected chi connectivity index (χ1v) is 10.5. The summed E-state index contributed by atoms with van der Waals surface area (Å²) in [5.74, 6) is 1.01. The molecule has 3 heterocycles. The molecule has 1 aliphatic heterocycles. The molecule has 0 unspecified atom stereocenters. The predicted molar refractivity (Wildman–Crippen MR) is 112 cm³/mol. The number of benzene rings is 1. The smallest absolute Gasteiger partial charge is 0.220 e. The van der Waals surface area contributed by atoms with Crippen molar-refractivity contribution < 1.29 is 9.53 Å². The minimum atomic E-state index is 0.0675. The Bertz CT molecular complexity index is 904. The number of morpholine rings is 1. The molecule has 1 saturated heterocycles. The minimum absolute atomic E-state index is 0.0675. The third-order valence-corrected chi connectivity index (χ3v) is 5.88. The third kappa shape index (κ3) is 4.66. The average Bonchev–Trinajstić information content (AvgIpc) is 3.16. The number of nitrogens with zero attached hydrogens (tertiary/aromatic N) is 3. The highest BCUT2D eigenvalue weighted by molar-refractivity contribution is 7.18. The first kappa shape index (κ1) is 18.8. The summed E-state index contributed by atoms with van der Waals surface area (Å²) in [4.78, 5) is 23.6. The average molecular weight is 397 g/mol. The maximum atomic E-state index is 12.3. The van der Waals surface area contributed by atoms with E-state index in [1.807, 2.05) is 30.3 Å². The van der Waals surface area contributed by atoms with Crippen LogP contribution in [0.4, 0.5) is 5.82 Å². The van der Waals surface area contributed by atoms with Crippen LogP contribution in [0.2, 0.25) is 0 Å². The van der Waals surface area contributed by atoms with E-state index in [0.717, 1.165) is 47.8 Å². The SMILES string of the molecule is O=C(CCCc1nc2ccccc2s1)NCc1cccnc1N1CCOCC1. The maximum absolute atomic E-state index is 12.3. The van der Waals surface area contributed by atoms with Crippen LogP contribution < -0.4 is 10.2 Å². The number of rotatable bonds is 7. The fraction of sp³-hybridized carbons (Fsp3) is 0.381. The Labute approximate surface area is 168 Å². The van der Waals surface area contributed by atoms with E-state index in [2.05, 4.69) is 26.3 Å². The normalized spacial score (nSPS) is 14.4. The van der Waals surface area contributed by atoms with Crippen molar-refractivity contribution in [3.63, 3.8) is 0 Å². The van der Waals surface area contributed by atoms with Gasteiger partial charge in [-0.3, -0.25) is 4.79 Å². The number of aromatic nitrogens is 2. The lowest BCUT2D eigenvalue weighted by molar-refractivity contribution is -0.121.